The van der Waals surface area contributed by atoms with E-state index >= 15 is 0 Å². The first-order valence-corrected chi connectivity index (χ1v) is 6.56. The van der Waals surface area contributed by atoms with Crippen LogP contribution in [-0.2, 0) is 0 Å². The molecule has 2 rings (SSSR count). The maximum atomic E-state index is 6.05. The van der Waals surface area contributed by atoms with Crippen molar-refractivity contribution in [1.82, 2.24) is 4.98 Å². The number of pyridine rings is 1. The molecule has 0 saturated heterocycles. The van der Waals surface area contributed by atoms with Crippen molar-refractivity contribution in [2.45, 2.75) is 6.92 Å². The molecule has 0 unspecified atom stereocenters. The monoisotopic (exact) mass is 313 g/mol. The number of nitrogens with zero attached hydrogens (tertiary/aromatic N) is 2. The zero-order chi connectivity index (χ0) is 13.8. The molecule has 0 aliphatic rings. The second-order valence-electron chi connectivity index (χ2n) is 3.79. The van der Waals surface area contributed by atoms with Gasteiger partial charge < -0.3 is 0 Å². The fourth-order valence-corrected chi connectivity index (χ4v) is 2.35. The van der Waals surface area contributed by atoms with Crippen LogP contribution in [0.15, 0.2) is 41.8 Å². The largest absolute Gasteiger partial charge is 0.275 e. The Morgan fingerprint density at radius 2 is 1.68 bits per heavy atom. The normalized spacial score (nSPS) is 11.5. The lowest BCUT2D eigenvalue weighted by Gasteiger charge is -2.08. The molecule has 0 saturated carbocycles. The molecule has 0 spiro atoms. The summed E-state index contributed by atoms with van der Waals surface area (Å²) < 4.78 is 0. The van der Waals surface area contributed by atoms with Gasteiger partial charge in [-0.05, 0) is 31.2 Å². The number of aromatic nitrogens is 1. The van der Waals surface area contributed by atoms with Crippen LogP contribution >= 0.6 is 34.8 Å². The molecule has 1 N–H and O–H groups in total. The molecule has 0 amide bonds. The van der Waals surface area contributed by atoms with E-state index in [2.05, 4.69) is 15.5 Å². The van der Waals surface area contributed by atoms with Crippen molar-refractivity contribution < 1.29 is 0 Å². The number of hydrazone groups is 1. The van der Waals surface area contributed by atoms with Gasteiger partial charge in [0.15, 0.2) is 0 Å². The van der Waals surface area contributed by atoms with Crippen molar-refractivity contribution in [1.29, 1.82) is 0 Å². The van der Waals surface area contributed by atoms with Crippen molar-refractivity contribution in [3.05, 3.63) is 57.3 Å². The Labute approximate surface area is 126 Å². The van der Waals surface area contributed by atoms with Gasteiger partial charge in [-0.2, -0.15) is 5.10 Å². The van der Waals surface area contributed by atoms with Crippen LogP contribution in [0.5, 0.6) is 0 Å². The zero-order valence-electron chi connectivity index (χ0n) is 9.99. The van der Waals surface area contributed by atoms with E-state index in [1.807, 2.05) is 19.1 Å². The summed E-state index contributed by atoms with van der Waals surface area (Å²) in [5.74, 6) is 0. The third-order valence-electron chi connectivity index (χ3n) is 2.44. The van der Waals surface area contributed by atoms with Crippen LogP contribution < -0.4 is 5.43 Å². The molecule has 1 aromatic heterocycles. The van der Waals surface area contributed by atoms with Crippen LogP contribution in [0.4, 0.5) is 5.69 Å². The first-order valence-electron chi connectivity index (χ1n) is 5.43. The summed E-state index contributed by atoms with van der Waals surface area (Å²) in [5, 5.41) is 5.57. The van der Waals surface area contributed by atoms with Gasteiger partial charge >= 0.3 is 0 Å². The Balaban J connectivity index is 2.23. The van der Waals surface area contributed by atoms with Crippen molar-refractivity contribution in [2.75, 3.05) is 5.43 Å². The molecular weight excluding hydrogens is 305 g/mol. The molecule has 0 aliphatic heterocycles. The summed E-state index contributed by atoms with van der Waals surface area (Å²) in [6, 6.07) is 6.94. The van der Waals surface area contributed by atoms with Gasteiger partial charge in [-0.15, -0.1) is 0 Å². The second-order valence-corrected chi connectivity index (χ2v) is 5.04. The predicted molar refractivity (Wildman–Crippen MR) is 81.5 cm³/mol. The van der Waals surface area contributed by atoms with Gasteiger partial charge in [-0.3, -0.25) is 10.4 Å². The van der Waals surface area contributed by atoms with Crippen molar-refractivity contribution in [3.63, 3.8) is 0 Å². The number of rotatable bonds is 3. The molecule has 0 radical (unpaired) electrons. The molecule has 19 heavy (non-hydrogen) atoms. The second kappa shape index (κ2) is 6.24. The summed E-state index contributed by atoms with van der Waals surface area (Å²) in [5.41, 5.74) is 5.14. The molecule has 1 aromatic carbocycles. The summed E-state index contributed by atoms with van der Waals surface area (Å²) in [7, 11) is 0. The highest BCUT2D eigenvalue weighted by molar-refractivity contribution is 6.41. The lowest BCUT2D eigenvalue weighted by atomic mass is 10.2. The van der Waals surface area contributed by atoms with Crippen molar-refractivity contribution >= 4 is 46.2 Å². The van der Waals surface area contributed by atoms with Crippen LogP contribution in [-0.4, -0.2) is 10.7 Å². The van der Waals surface area contributed by atoms with Gasteiger partial charge in [0.1, 0.15) is 0 Å². The quantitative estimate of drug-likeness (QED) is 0.647. The fourth-order valence-electron chi connectivity index (χ4n) is 1.45. The molecule has 0 atom stereocenters. The maximum Gasteiger partial charge on any atom is 0.0935 e. The first kappa shape index (κ1) is 14.1. The van der Waals surface area contributed by atoms with Crippen molar-refractivity contribution in [2.24, 2.45) is 5.10 Å². The molecule has 6 heteroatoms. The minimum Gasteiger partial charge on any atom is -0.275 e. The zero-order valence-corrected chi connectivity index (χ0v) is 12.3. The van der Waals surface area contributed by atoms with E-state index in [1.54, 1.807) is 24.5 Å². The van der Waals surface area contributed by atoms with Gasteiger partial charge in [-0.1, -0.05) is 34.8 Å². The van der Waals surface area contributed by atoms with Gasteiger partial charge in [0.25, 0.3) is 0 Å². The molecule has 0 fully saturated rings. The third kappa shape index (κ3) is 3.60. The van der Waals surface area contributed by atoms with Gasteiger partial charge in [0.05, 0.1) is 21.4 Å². The van der Waals surface area contributed by atoms with E-state index < -0.39 is 0 Å². The van der Waals surface area contributed by atoms with Crippen LogP contribution in [0.1, 0.15) is 12.5 Å². The Bertz CT molecular complexity index is 589. The number of hydrogen-bond acceptors (Lipinski definition) is 3. The van der Waals surface area contributed by atoms with Crippen LogP contribution in [0, 0.1) is 0 Å². The minimum atomic E-state index is 0.420. The standard InChI is InChI=1S/C13H10Cl3N3/c1-8(9-2-4-17-5-3-9)18-19-13-11(15)6-10(14)7-12(13)16/h2-7,19H,1H3/b18-8-. The van der Waals surface area contributed by atoms with E-state index in [-0.39, 0.29) is 0 Å². The van der Waals surface area contributed by atoms with E-state index in [4.69, 9.17) is 34.8 Å². The summed E-state index contributed by atoms with van der Waals surface area (Å²) in [6.07, 6.45) is 3.41. The molecule has 1 heterocycles. The number of nitrogens with one attached hydrogen (secondary N) is 1. The fraction of sp³-hybridized carbons (Fsp3) is 0.0769. The molecular formula is C13H10Cl3N3. The molecule has 0 aliphatic carbocycles. The van der Waals surface area contributed by atoms with Crippen molar-refractivity contribution in [3.8, 4) is 0 Å². The SMILES string of the molecule is C/C(=N/Nc1c(Cl)cc(Cl)cc1Cl)c1ccncc1. The van der Waals surface area contributed by atoms with E-state index in [1.165, 1.54) is 0 Å². The van der Waals surface area contributed by atoms with Crippen LogP contribution in [0.2, 0.25) is 15.1 Å². The molecule has 2 aromatic rings. The highest BCUT2D eigenvalue weighted by Gasteiger charge is 2.07. The van der Waals surface area contributed by atoms with Crippen LogP contribution in [0.3, 0.4) is 0 Å². The summed E-state index contributed by atoms with van der Waals surface area (Å²) >= 11 is 17.9. The van der Waals surface area contributed by atoms with Gasteiger partial charge in [0, 0.05) is 23.0 Å². The van der Waals surface area contributed by atoms with Crippen LogP contribution in [0.25, 0.3) is 0 Å². The third-order valence-corrected chi connectivity index (χ3v) is 3.25. The highest BCUT2D eigenvalue weighted by atomic mass is 35.5. The van der Waals surface area contributed by atoms with E-state index in [0.717, 1.165) is 11.3 Å². The Kier molecular flexibility index (Phi) is 4.64. The smallest absolute Gasteiger partial charge is 0.0935 e. The Morgan fingerprint density at radius 3 is 2.26 bits per heavy atom. The number of benzene rings is 1. The maximum absolute atomic E-state index is 6.05. The topological polar surface area (TPSA) is 37.3 Å². The van der Waals surface area contributed by atoms with E-state index in [0.29, 0.717) is 20.8 Å². The number of halogens is 3. The summed E-state index contributed by atoms with van der Waals surface area (Å²) in [4.78, 5) is 3.95. The number of anilines is 1. The average Bonchev–Trinajstić information content (AvgIpc) is 2.38. The Morgan fingerprint density at radius 1 is 1.11 bits per heavy atom. The molecule has 3 nitrogen and oxygen atoms in total. The number of hydrogen-bond donors (Lipinski definition) is 1. The predicted octanol–water partition coefficient (Wildman–Crippen LogP) is 4.88. The Hall–Kier alpha value is -1.29. The molecule has 98 valence electrons. The summed E-state index contributed by atoms with van der Waals surface area (Å²) in [6.45, 7) is 1.88. The molecule has 0 bridgehead atoms. The van der Waals surface area contributed by atoms with E-state index in [9.17, 15) is 0 Å². The lowest BCUT2D eigenvalue weighted by Crippen LogP contribution is -2.00. The minimum absolute atomic E-state index is 0.420. The van der Waals surface area contributed by atoms with Gasteiger partial charge in [-0.25, -0.2) is 0 Å². The van der Waals surface area contributed by atoms with Gasteiger partial charge in [0.2, 0.25) is 0 Å². The average molecular weight is 315 g/mol. The lowest BCUT2D eigenvalue weighted by molar-refractivity contribution is 1.29. The highest BCUT2D eigenvalue weighted by Crippen LogP contribution is 2.33. The first-order chi connectivity index (χ1) is 9.08.